The van der Waals surface area contributed by atoms with Crippen LogP contribution in [0.2, 0.25) is 0 Å². The maximum absolute atomic E-state index is 13.7. The third-order valence-electron chi connectivity index (χ3n) is 3.12. The molecule has 0 bridgehead atoms. The summed E-state index contributed by atoms with van der Waals surface area (Å²) < 4.78 is 13.7. The summed E-state index contributed by atoms with van der Waals surface area (Å²) in [6, 6.07) is 6.23. The average Bonchev–Trinajstić information content (AvgIpc) is 2.53. The van der Waals surface area contributed by atoms with Gasteiger partial charge in [0.15, 0.2) is 0 Å². The fourth-order valence-electron chi connectivity index (χ4n) is 1.97. The molecule has 1 heterocycles. The van der Waals surface area contributed by atoms with E-state index in [1.54, 1.807) is 0 Å². The normalized spacial score (nSPS) is 10.2. The van der Waals surface area contributed by atoms with Crippen LogP contribution in [0.3, 0.4) is 0 Å². The van der Waals surface area contributed by atoms with Crippen molar-refractivity contribution in [1.82, 2.24) is 15.2 Å². The minimum Gasteiger partial charge on any atom is -0.349 e. The van der Waals surface area contributed by atoms with E-state index in [1.165, 1.54) is 18.2 Å². The van der Waals surface area contributed by atoms with Crippen molar-refractivity contribution >= 4 is 5.95 Å². The zero-order valence-electron chi connectivity index (χ0n) is 12.0. The predicted molar refractivity (Wildman–Crippen MR) is 77.0 cm³/mol. The number of hydrogen-bond acceptors (Lipinski definition) is 5. The Balaban J connectivity index is 2.15. The molecule has 1 aromatic heterocycles. The fourth-order valence-corrected chi connectivity index (χ4v) is 1.97. The molecule has 1 N–H and O–H groups in total. The van der Waals surface area contributed by atoms with Gasteiger partial charge in [-0.1, -0.05) is 13.8 Å². The van der Waals surface area contributed by atoms with Crippen molar-refractivity contribution in [3.63, 3.8) is 0 Å². The summed E-state index contributed by atoms with van der Waals surface area (Å²) in [4.78, 5) is 4.38. The molecule has 0 atom stereocenters. The Morgan fingerprint density at radius 2 is 1.95 bits per heavy atom. The molecule has 0 aliphatic carbocycles. The van der Waals surface area contributed by atoms with Crippen molar-refractivity contribution in [1.29, 1.82) is 5.26 Å². The molecule has 1 aromatic carbocycles. The lowest BCUT2D eigenvalue weighted by atomic mass is 10.1. The van der Waals surface area contributed by atoms with Gasteiger partial charge in [0.25, 0.3) is 0 Å². The van der Waals surface area contributed by atoms with Crippen LogP contribution in [0.25, 0.3) is 0 Å². The molecule has 0 saturated heterocycles. The second kappa shape index (κ2) is 6.75. The van der Waals surface area contributed by atoms with Crippen molar-refractivity contribution < 1.29 is 4.39 Å². The van der Waals surface area contributed by atoms with Gasteiger partial charge < -0.3 is 5.32 Å². The van der Waals surface area contributed by atoms with E-state index in [-0.39, 0.29) is 12.4 Å². The molecule has 0 saturated carbocycles. The van der Waals surface area contributed by atoms with E-state index in [0.717, 1.165) is 24.2 Å². The van der Waals surface area contributed by atoms with Crippen LogP contribution in [-0.4, -0.2) is 15.2 Å². The summed E-state index contributed by atoms with van der Waals surface area (Å²) in [6.45, 7) is 4.21. The number of benzene rings is 1. The standard InChI is InChI=1S/C15H16FN5/c1-3-13-14(4-2)20-21-15(19-13)18-9-11-7-10(8-17)5-6-12(11)16/h5-7H,3-4,9H2,1-2H3,(H,18,19,21). The highest BCUT2D eigenvalue weighted by Crippen LogP contribution is 2.12. The first-order valence-corrected chi connectivity index (χ1v) is 6.82. The molecule has 5 nitrogen and oxygen atoms in total. The van der Waals surface area contributed by atoms with E-state index in [1.807, 2.05) is 19.9 Å². The lowest BCUT2D eigenvalue weighted by Gasteiger charge is -2.08. The number of aromatic nitrogens is 3. The number of hydrogen-bond donors (Lipinski definition) is 1. The third kappa shape index (κ3) is 3.51. The average molecular weight is 285 g/mol. The first-order chi connectivity index (χ1) is 10.2. The number of nitriles is 1. The molecule has 2 rings (SSSR count). The summed E-state index contributed by atoms with van der Waals surface area (Å²) in [5.41, 5.74) is 2.58. The van der Waals surface area contributed by atoms with Gasteiger partial charge in [-0.3, -0.25) is 0 Å². The maximum Gasteiger partial charge on any atom is 0.243 e. The first-order valence-electron chi connectivity index (χ1n) is 6.82. The monoisotopic (exact) mass is 285 g/mol. The van der Waals surface area contributed by atoms with Crippen molar-refractivity contribution in [2.45, 2.75) is 33.2 Å². The Morgan fingerprint density at radius 3 is 2.62 bits per heavy atom. The van der Waals surface area contributed by atoms with Gasteiger partial charge in [-0.25, -0.2) is 9.37 Å². The van der Waals surface area contributed by atoms with Crippen molar-refractivity contribution in [3.05, 3.63) is 46.5 Å². The highest BCUT2D eigenvalue weighted by Gasteiger charge is 2.08. The van der Waals surface area contributed by atoms with Gasteiger partial charge in [0.05, 0.1) is 23.0 Å². The molecular weight excluding hydrogens is 269 g/mol. The largest absolute Gasteiger partial charge is 0.349 e. The zero-order chi connectivity index (χ0) is 15.2. The van der Waals surface area contributed by atoms with Crippen LogP contribution in [0.15, 0.2) is 18.2 Å². The summed E-state index contributed by atoms with van der Waals surface area (Å²) in [7, 11) is 0. The van der Waals surface area contributed by atoms with Gasteiger partial charge in [0.2, 0.25) is 5.95 Å². The number of halogens is 1. The molecule has 0 fully saturated rings. The maximum atomic E-state index is 13.7. The molecule has 21 heavy (non-hydrogen) atoms. The minimum absolute atomic E-state index is 0.206. The number of rotatable bonds is 5. The van der Waals surface area contributed by atoms with Crippen LogP contribution in [0.5, 0.6) is 0 Å². The van der Waals surface area contributed by atoms with Gasteiger partial charge in [-0.05, 0) is 31.0 Å². The SMILES string of the molecule is CCc1nnc(NCc2cc(C#N)ccc2F)nc1CC. The quantitative estimate of drug-likeness (QED) is 0.914. The lowest BCUT2D eigenvalue weighted by molar-refractivity contribution is 0.612. The van der Waals surface area contributed by atoms with E-state index < -0.39 is 0 Å². The first kappa shape index (κ1) is 14.9. The van der Waals surface area contributed by atoms with Crippen LogP contribution in [-0.2, 0) is 19.4 Å². The van der Waals surface area contributed by atoms with E-state index in [2.05, 4.69) is 20.5 Å². The van der Waals surface area contributed by atoms with Crippen LogP contribution in [0.1, 0.15) is 36.4 Å². The van der Waals surface area contributed by atoms with Crippen molar-refractivity contribution in [2.24, 2.45) is 0 Å². The van der Waals surface area contributed by atoms with E-state index in [9.17, 15) is 4.39 Å². The molecular formula is C15H16FN5. The van der Waals surface area contributed by atoms with Gasteiger partial charge in [-0.15, -0.1) is 5.10 Å². The lowest BCUT2D eigenvalue weighted by Crippen LogP contribution is -2.10. The minimum atomic E-state index is -0.365. The summed E-state index contributed by atoms with van der Waals surface area (Å²) in [5.74, 6) is 0.00108. The molecule has 0 aliphatic heterocycles. The van der Waals surface area contributed by atoms with Crippen LogP contribution in [0.4, 0.5) is 10.3 Å². The molecule has 0 unspecified atom stereocenters. The Kier molecular flexibility index (Phi) is 4.77. The Hall–Kier alpha value is -2.55. The molecule has 0 spiro atoms. The Morgan fingerprint density at radius 1 is 1.19 bits per heavy atom. The van der Waals surface area contributed by atoms with Crippen LogP contribution < -0.4 is 5.32 Å². The number of anilines is 1. The number of aryl methyl sites for hydroxylation is 2. The highest BCUT2D eigenvalue weighted by molar-refractivity contribution is 5.36. The molecule has 0 amide bonds. The predicted octanol–water partition coefficient (Wildman–Crippen LogP) is 2.62. The zero-order valence-corrected chi connectivity index (χ0v) is 12.0. The summed E-state index contributed by atoms with van der Waals surface area (Å²) in [5, 5.41) is 19.9. The van der Waals surface area contributed by atoms with E-state index >= 15 is 0 Å². The van der Waals surface area contributed by atoms with Crippen molar-refractivity contribution in [3.8, 4) is 6.07 Å². The van der Waals surface area contributed by atoms with Gasteiger partial charge in [-0.2, -0.15) is 10.4 Å². The Labute approximate surface area is 122 Å². The van der Waals surface area contributed by atoms with Crippen LogP contribution >= 0.6 is 0 Å². The molecule has 2 aromatic rings. The van der Waals surface area contributed by atoms with Crippen LogP contribution in [0, 0.1) is 17.1 Å². The number of nitrogens with zero attached hydrogens (tertiary/aromatic N) is 4. The third-order valence-corrected chi connectivity index (χ3v) is 3.12. The summed E-state index contributed by atoms with van der Waals surface area (Å²) >= 11 is 0. The number of nitrogens with one attached hydrogen (secondary N) is 1. The highest BCUT2D eigenvalue weighted by atomic mass is 19.1. The molecule has 108 valence electrons. The topological polar surface area (TPSA) is 74.5 Å². The van der Waals surface area contributed by atoms with Gasteiger partial charge in [0.1, 0.15) is 5.82 Å². The van der Waals surface area contributed by atoms with Gasteiger partial charge >= 0.3 is 0 Å². The van der Waals surface area contributed by atoms with E-state index in [0.29, 0.717) is 17.1 Å². The van der Waals surface area contributed by atoms with E-state index in [4.69, 9.17) is 5.26 Å². The summed E-state index contributed by atoms with van der Waals surface area (Å²) in [6.07, 6.45) is 1.55. The van der Waals surface area contributed by atoms with Gasteiger partial charge in [0, 0.05) is 12.1 Å². The second-order valence-electron chi connectivity index (χ2n) is 4.51. The molecule has 0 aliphatic rings. The fraction of sp³-hybridized carbons (Fsp3) is 0.333. The molecule has 0 radical (unpaired) electrons. The smallest absolute Gasteiger partial charge is 0.243 e. The second-order valence-corrected chi connectivity index (χ2v) is 4.51. The van der Waals surface area contributed by atoms with Crippen molar-refractivity contribution in [2.75, 3.05) is 5.32 Å². The Bertz CT molecular complexity index is 678. The molecule has 6 heteroatoms.